The van der Waals surface area contributed by atoms with Gasteiger partial charge in [-0.1, -0.05) is 20.3 Å². The number of hydrogen-bond acceptors (Lipinski definition) is 3. The lowest BCUT2D eigenvalue weighted by Gasteiger charge is -2.11. The molecule has 4 heteroatoms. The van der Waals surface area contributed by atoms with Gasteiger partial charge in [-0.2, -0.15) is 5.10 Å². The number of hydrogen-bond donors (Lipinski definition) is 1. The molecule has 2 aromatic rings. The molecule has 0 bridgehead atoms. The average molecular weight is 232 g/mol. The molecule has 1 atom stereocenters. The van der Waals surface area contributed by atoms with E-state index in [9.17, 15) is 0 Å². The van der Waals surface area contributed by atoms with Gasteiger partial charge in [-0.05, 0) is 18.9 Å². The number of nitrogens with zero attached hydrogens (tertiary/aromatic N) is 3. The summed E-state index contributed by atoms with van der Waals surface area (Å²) in [5.74, 6) is 0.681. The van der Waals surface area contributed by atoms with E-state index in [0.717, 1.165) is 29.0 Å². The predicted octanol–water partition coefficient (Wildman–Crippen LogP) is 2.73. The van der Waals surface area contributed by atoms with Crippen LogP contribution in [0.1, 0.15) is 26.0 Å². The van der Waals surface area contributed by atoms with Gasteiger partial charge in [0.25, 0.3) is 0 Å². The van der Waals surface area contributed by atoms with Crippen molar-refractivity contribution in [3.05, 3.63) is 18.0 Å². The molecule has 92 valence electrons. The normalized spacial score (nSPS) is 12.9. The summed E-state index contributed by atoms with van der Waals surface area (Å²) in [5.41, 5.74) is 3.05. The fourth-order valence-corrected chi connectivity index (χ4v) is 1.84. The maximum atomic E-state index is 4.44. The summed E-state index contributed by atoms with van der Waals surface area (Å²) < 4.78 is 1.82. The quantitative estimate of drug-likeness (QED) is 0.881. The van der Waals surface area contributed by atoms with Gasteiger partial charge in [0.2, 0.25) is 0 Å². The van der Waals surface area contributed by atoms with Crippen LogP contribution < -0.4 is 5.32 Å². The van der Waals surface area contributed by atoms with Gasteiger partial charge in [0.05, 0.1) is 17.6 Å². The molecule has 0 aromatic carbocycles. The van der Waals surface area contributed by atoms with Gasteiger partial charge in [0.15, 0.2) is 5.65 Å². The van der Waals surface area contributed by atoms with Gasteiger partial charge in [0.1, 0.15) is 0 Å². The molecule has 2 aromatic heterocycles. The summed E-state index contributed by atoms with van der Waals surface area (Å²) in [6, 6.07) is 2.13. The summed E-state index contributed by atoms with van der Waals surface area (Å²) in [6.07, 6.45) is 3.07. The smallest absolute Gasteiger partial charge is 0.157 e. The summed E-state index contributed by atoms with van der Waals surface area (Å²) in [4.78, 5) is 4.44. The van der Waals surface area contributed by atoms with Crippen LogP contribution in [0, 0.1) is 12.8 Å². The molecule has 0 fully saturated rings. The lowest BCUT2D eigenvalue weighted by Crippen LogP contribution is -2.10. The lowest BCUT2D eigenvalue weighted by molar-refractivity contribution is 0.593. The van der Waals surface area contributed by atoms with Crippen molar-refractivity contribution >= 4 is 16.7 Å². The zero-order valence-electron chi connectivity index (χ0n) is 11.0. The molecular formula is C13H20N4. The van der Waals surface area contributed by atoms with Crippen LogP contribution in [0.2, 0.25) is 0 Å². The first-order valence-electron chi connectivity index (χ1n) is 6.15. The molecule has 17 heavy (non-hydrogen) atoms. The summed E-state index contributed by atoms with van der Waals surface area (Å²) >= 11 is 0. The first kappa shape index (κ1) is 11.9. The molecule has 0 radical (unpaired) electrons. The van der Waals surface area contributed by atoms with E-state index in [1.165, 1.54) is 6.42 Å². The topological polar surface area (TPSA) is 42.7 Å². The highest BCUT2D eigenvalue weighted by molar-refractivity contribution is 5.81. The molecule has 0 amide bonds. The van der Waals surface area contributed by atoms with Crippen molar-refractivity contribution < 1.29 is 0 Å². The van der Waals surface area contributed by atoms with Crippen LogP contribution >= 0.6 is 0 Å². The molecular weight excluding hydrogens is 212 g/mol. The molecule has 0 aliphatic heterocycles. The van der Waals surface area contributed by atoms with Crippen molar-refractivity contribution in [2.24, 2.45) is 13.0 Å². The Morgan fingerprint density at radius 1 is 1.47 bits per heavy atom. The maximum Gasteiger partial charge on any atom is 0.157 e. The van der Waals surface area contributed by atoms with E-state index in [4.69, 9.17) is 0 Å². The Morgan fingerprint density at radius 3 is 2.94 bits per heavy atom. The lowest BCUT2D eigenvalue weighted by atomic mass is 10.1. The Hall–Kier alpha value is -1.58. The number of aromatic nitrogens is 3. The summed E-state index contributed by atoms with van der Waals surface area (Å²) in [5, 5.41) is 8.92. The van der Waals surface area contributed by atoms with E-state index >= 15 is 0 Å². The van der Waals surface area contributed by atoms with Crippen LogP contribution in [-0.2, 0) is 7.05 Å². The van der Waals surface area contributed by atoms with Crippen LogP contribution in [0.5, 0.6) is 0 Å². The standard InChI is InChI=1S/C13H20N4/c1-5-9(2)7-14-11-6-12-10(3)16-17(4)13(12)15-8-11/h6,8-9,14H,5,7H2,1-4H3. The molecule has 0 saturated carbocycles. The fraction of sp³-hybridized carbons (Fsp3) is 0.538. The first-order valence-corrected chi connectivity index (χ1v) is 6.15. The van der Waals surface area contributed by atoms with E-state index in [1.54, 1.807) is 0 Å². The molecule has 0 spiro atoms. The van der Waals surface area contributed by atoms with Gasteiger partial charge in [-0.3, -0.25) is 4.68 Å². The number of anilines is 1. The third kappa shape index (κ3) is 2.40. The van der Waals surface area contributed by atoms with Crippen molar-refractivity contribution in [2.45, 2.75) is 27.2 Å². The van der Waals surface area contributed by atoms with Crippen LogP contribution in [0.15, 0.2) is 12.3 Å². The highest BCUT2D eigenvalue weighted by Crippen LogP contribution is 2.19. The van der Waals surface area contributed by atoms with E-state index in [1.807, 2.05) is 24.9 Å². The molecule has 2 heterocycles. The highest BCUT2D eigenvalue weighted by Gasteiger charge is 2.07. The largest absolute Gasteiger partial charge is 0.384 e. The summed E-state index contributed by atoms with van der Waals surface area (Å²) in [7, 11) is 1.93. The third-order valence-corrected chi connectivity index (χ3v) is 3.21. The minimum Gasteiger partial charge on any atom is -0.384 e. The van der Waals surface area contributed by atoms with Gasteiger partial charge in [0, 0.05) is 19.0 Å². The van der Waals surface area contributed by atoms with Gasteiger partial charge < -0.3 is 5.32 Å². The Labute approximate surface area is 102 Å². The molecule has 4 nitrogen and oxygen atoms in total. The second kappa shape index (κ2) is 4.73. The van der Waals surface area contributed by atoms with Crippen LogP contribution in [0.25, 0.3) is 11.0 Å². The van der Waals surface area contributed by atoms with Crippen molar-refractivity contribution in [3.63, 3.8) is 0 Å². The first-order chi connectivity index (χ1) is 8.11. The Kier molecular flexibility index (Phi) is 3.31. The van der Waals surface area contributed by atoms with Crippen molar-refractivity contribution in [2.75, 3.05) is 11.9 Å². The van der Waals surface area contributed by atoms with Crippen molar-refractivity contribution in [1.29, 1.82) is 0 Å². The van der Waals surface area contributed by atoms with Crippen molar-refractivity contribution in [3.8, 4) is 0 Å². The second-order valence-corrected chi connectivity index (χ2v) is 4.70. The van der Waals surface area contributed by atoms with Gasteiger partial charge >= 0.3 is 0 Å². The van der Waals surface area contributed by atoms with Gasteiger partial charge in [-0.15, -0.1) is 0 Å². The third-order valence-electron chi connectivity index (χ3n) is 3.21. The zero-order valence-corrected chi connectivity index (χ0v) is 11.0. The van der Waals surface area contributed by atoms with E-state index in [-0.39, 0.29) is 0 Å². The van der Waals surface area contributed by atoms with E-state index < -0.39 is 0 Å². The Balaban J connectivity index is 2.22. The minimum absolute atomic E-state index is 0.681. The number of rotatable bonds is 4. The highest BCUT2D eigenvalue weighted by atomic mass is 15.3. The zero-order chi connectivity index (χ0) is 12.4. The van der Waals surface area contributed by atoms with Crippen LogP contribution in [-0.4, -0.2) is 21.3 Å². The molecule has 0 saturated heterocycles. The number of nitrogens with one attached hydrogen (secondary N) is 1. The van der Waals surface area contributed by atoms with E-state index in [2.05, 4.69) is 35.3 Å². The molecule has 1 unspecified atom stereocenters. The molecule has 0 aliphatic rings. The predicted molar refractivity (Wildman–Crippen MR) is 71.2 cm³/mol. The molecule has 2 rings (SSSR count). The second-order valence-electron chi connectivity index (χ2n) is 4.70. The fourth-order valence-electron chi connectivity index (χ4n) is 1.84. The maximum absolute atomic E-state index is 4.44. The molecule has 1 N–H and O–H groups in total. The SMILES string of the molecule is CCC(C)CNc1cnc2c(c1)c(C)nn2C. The number of aryl methyl sites for hydroxylation is 2. The van der Waals surface area contributed by atoms with Crippen molar-refractivity contribution in [1.82, 2.24) is 14.8 Å². The van der Waals surface area contributed by atoms with E-state index in [0.29, 0.717) is 5.92 Å². The monoisotopic (exact) mass is 232 g/mol. The number of fused-ring (bicyclic) bond motifs is 1. The van der Waals surface area contributed by atoms with Gasteiger partial charge in [-0.25, -0.2) is 4.98 Å². The Morgan fingerprint density at radius 2 is 2.24 bits per heavy atom. The Bertz CT molecular complexity index is 515. The molecule has 0 aliphatic carbocycles. The summed E-state index contributed by atoms with van der Waals surface area (Å²) in [6.45, 7) is 7.46. The van der Waals surface area contributed by atoms with Crippen LogP contribution in [0.4, 0.5) is 5.69 Å². The minimum atomic E-state index is 0.681. The number of pyridine rings is 1. The van der Waals surface area contributed by atoms with Crippen LogP contribution in [0.3, 0.4) is 0 Å². The average Bonchev–Trinajstić information content (AvgIpc) is 2.62.